The summed E-state index contributed by atoms with van der Waals surface area (Å²) in [6.07, 6.45) is 1.11. The predicted molar refractivity (Wildman–Crippen MR) is 111 cm³/mol. The van der Waals surface area contributed by atoms with Crippen molar-refractivity contribution in [2.45, 2.75) is 52.4 Å². The van der Waals surface area contributed by atoms with Crippen LogP contribution in [0.2, 0.25) is 0 Å². The molecule has 0 bridgehead atoms. The maximum absolute atomic E-state index is 12.5. The molecule has 1 heterocycles. The lowest BCUT2D eigenvalue weighted by atomic mass is 9.87. The fourth-order valence-corrected chi connectivity index (χ4v) is 3.74. The molecule has 1 N–H and O–H groups in total. The van der Waals surface area contributed by atoms with Crippen LogP contribution in [-0.4, -0.2) is 10.9 Å². The van der Waals surface area contributed by atoms with Crippen LogP contribution in [0, 0.1) is 0 Å². The van der Waals surface area contributed by atoms with Crippen molar-refractivity contribution in [1.29, 1.82) is 0 Å². The number of carbonyl (C=O) groups excluding carboxylic acids is 1. The van der Waals surface area contributed by atoms with Crippen molar-refractivity contribution in [2.24, 2.45) is 0 Å². The first-order chi connectivity index (χ1) is 12.3. The zero-order chi connectivity index (χ0) is 18.9. The van der Waals surface area contributed by atoms with E-state index in [0.717, 1.165) is 16.6 Å². The van der Waals surface area contributed by atoms with E-state index in [0.29, 0.717) is 16.6 Å². The van der Waals surface area contributed by atoms with Gasteiger partial charge in [0, 0.05) is 5.56 Å². The zero-order valence-electron chi connectivity index (χ0n) is 16.1. The summed E-state index contributed by atoms with van der Waals surface area (Å²) in [5, 5.41) is 3.58. The first-order valence-electron chi connectivity index (χ1n) is 9.10. The number of nitrogens with one attached hydrogen (secondary N) is 1. The number of thiazole rings is 1. The Balaban J connectivity index is 1.78. The summed E-state index contributed by atoms with van der Waals surface area (Å²) >= 11 is 1.53. The van der Waals surface area contributed by atoms with Gasteiger partial charge in [-0.25, -0.2) is 4.98 Å². The van der Waals surface area contributed by atoms with Crippen LogP contribution in [0.3, 0.4) is 0 Å². The number of carbonyl (C=O) groups is 1. The fraction of sp³-hybridized carbons (Fsp3) is 0.364. The van der Waals surface area contributed by atoms with E-state index in [2.05, 4.69) is 57.1 Å². The zero-order valence-corrected chi connectivity index (χ0v) is 16.9. The molecule has 1 amide bonds. The minimum absolute atomic E-state index is 0.0787. The predicted octanol–water partition coefficient (Wildman–Crippen LogP) is 6.36. The molecule has 1 atom stereocenters. The second-order valence-corrected chi connectivity index (χ2v) is 8.87. The molecule has 26 heavy (non-hydrogen) atoms. The monoisotopic (exact) mass is 366 g/mol. The lowest BCUT2D eigenvalue weighted by molar-refractivity contribution is 0.102. The molecule has 0 saturated heterocycles. The topological polar surface area (TPSA) is 42.0 Å². The molecule has 0 spiro atoms. The summed E-state index contributed by atoms with van der Waals surface area (Å²) in [5.41, 5.74) is 4.19. The Morgan fingerprint density at radius 3 is 2.46 bits per heavy atom. The van der Waals surface area contributed by atoms with Crippen molar-refractivity contribution < 1.29 is 4.79 Å². The molecule has 1 aromatic heterocycles. The summed E-state index contributed by atoms with van der Waals surface area (Å²) in [6, 6.07) is 14.2. The summed E-state index contributed by atoms with van der Waals surface area (Å²) in [5.74, 6) is 0.410. The van der Waals surface area contributed by atoms with Gasteiger partial charge in [-0.15, -0.1) is 0 Å². The Morgan fingerprint density at radius 1 is 1.15 bits per heavy atom. The van der Waals surface area contributed by atoms with Crippen molar-refractivity contribution in [3.05, 3.63) is 59.2 Å². The van der Waals surface area contributed by atoms with Gasteiger partial charge in [-0.05, 0) is 53.1 Å². The summed E-state index contributed by atoms with van der Waals surface area (Å²) < 4.78 is 1.11. The normalized spacial score (nSPS) is 13.0. The maximum Gasteiger partial charge on any atom is 0.257 e. The average Bonchev–Trinajstić information content (AvgIpc) is 3.01. The number of amides is 1. The third-order valence-corrected chi connectivity index (χ3v) is 5.76. The third kappa shape index (κ3) is 3.96. The lowest BCUT2D eigenvalue weighted by Gasteiger charge is -2.18. The van der Waals surface area contributed by atoms with Crippen molar-refractivity contribution in [3.63, 3.8) is 0 Å². The van der Waals surface area contributed by atoms with E-state index in [-0.39, 0.29) is 11.3 Å². The first-order valence-corrected chi connectivity index (χ1v) is 9.92. The van der Waals surface area contributed by atoms with Gasteiger partial charge in [0.15, 0.2) is 5.13 Å². The van der Waals surface area contributed by atoms with E-state index in [1.807, 2.05) is 30.3 Å². The minimum Gasteiger partial charge on any atom is -0.298 e. The van der Waals surface area contributed by atoms with Crippen molar-refractivity contribution in [2.75, 3.05) is 5.32 Å². The molecule has 3 aromatic rings. The highest BCUT2D eigenvalue weighted by molar-refractivity contribution is 7.22. The number of hydrogen-bond acceptors (Lipinski definition) is 3. The SMILES string of the molecule is CCC(C)c1ccc2nc(NC(=O)c3ccc(C(C)(C)C)cc3)sc2c1. The molecule has 0 saturated carbocycles. The van der Waals surface area contributed by atoms with Gasteiger partial charge in [0.1, 0.15) is 0 Å². The second kappa shape index (κ2) is 7.20. The van der Waals surface area contributed by atoms with E-state index in [4.69, 9.17) is 0 Å². The Bertz CT molecular complexity index is 919. The quantitative estimate of drug-likeness (QED) is 0.584. The molecule has 1 unspecified atom stereocenters. The molecule has 0 aliphatic carbocycles. The average molecular weight is 367 g/mol. The number of anilines is 1. The molecule has 2 aromatic carbocycles. The second-order valence-electron chi connectivity index (χ2n) is 7.84. The Kier molecular flexibility index (Phi) is 5.15. The van der Waals surface area contributed by atoms with E-state index < -0.39 is 0 Å². The first kappa shape index (κ1) is 18.6. The molecule has 4 heteroatoms. The molecule has 0 radical (unpaired) electrons. The van der Waals surface area contributed by atoms with Crippen molar-refractivity contribution in [1.82, 2.24) is 4.98 Å². The summed E-state index contributed by atoms with van der Waals surface area (Å²) in [4.78, 5) is 17.1. The molecule has 136 valence electrons. The van der Waals surface area contributed by atoms with Gasteiger partial charge in [-0.2, -0.15) is 0 Å². The molecular formula is C22H26N2OS. The number of aromatic nitrogens is 1. The highest BCUT2D eigenvalue weighted by Crippen LogP contribution is 2.30. The van der Waals surface area contributed by atoms with Crippen LogP contribution in [0.15, 0.2) is 42.5 Å². The summed E-state index contributed by atoms with van der Waals surface area (Å²) in [7, 11) is 0. The minimum atomic E-state index is -0.119. The van der Waals surface area contributed by atoms with Crippen LogP contribution >= 0.6 is 11.3 Å². The van der Waals surface area contributed by atoms with E-state index >= 15 is 0 Å². The Morgan fingerprint density at radius 2 is 1.85 bits per heavy atom. The Hall–Kier alpha value is -2.20. The third-order valence-electron chi connectivity index (χ3n) is 4.83. The standard InChI is InChI=1S/C22H26N2OS/c1-6-14(2)16-9-12-18-19(13-16)26-21(23-18)24-20(25)15-7-10-17(11-8-15)22(3,4)5/h7-14H,6H2,1-5H3,(H,23,24,25). The fourth-order valence-electron chi connectivity index (χ4n) is 2.83. The number of benzene rings is 2. The van der Waals surface area contributed by atoms with Crippen LogP contribution in [-0.2, 0) is 5.41 Å². The maximum atomic E-state index is 12.5. The molecule has 3 nitrogen and oxygen atoms in total. The number of rotatable bonds is 4. The lowest BCUT2D eigenvalue weighted by Crippen LogP contribution is -2.14. The van der Waals surface area contributed by atoms with Crippen molar-refractivity contribution >= 4 is 32.6 Å². The van der Waals surface area contributed by atoms with Gasteiger partial charge in [0.2, 0.25) is 0 Å². The van der Waals surface area contributed by atoms with E-state index in [1.54, 1.807) is 0 Å². The number of fused-ring (bicyclic) bond motifs is 1. The van der Waals surface area contributed by atoms with Gasteiger partial charge in [-0.1, -0.05) is 64.2 Å². The number of nitrogens with zero attached hydrogens (tertiary/aromatic N) is 1. The van der Waals surface area contributed by atoms with Gasteiger partial charge in [0.05, 0.1) is 10.2 Å². The Labute approximate surface area is 159 Å². The molecule has 0 fully saturated rings. The molecule has 3 rings (SSSR count). The van der Waals surface area contributed by atoms with Crippen LogP contribution in [0.5, 0.6) is 0 Å². The van der Waals surface area contributed by atoms with Crippen molar-refractivity contribution in [3.8, 4) is 0 Å². The van der Waals surface area contributed by atoms with Gasteiger partial charge >= 0.3 is 0 Å². The molecule has 0 aliphatic rings. The van der Waals surface area contributed by atoms with Gasteiger partial charge in [-0.3, -0.25) is 10.1 Å². The molecular weight excluding hydrogens is 340 g/mol. The van der Waals surface area contributed by atoms with E-state index in [9.17, 15) is 4.79 Å². The van der Waals surface area contributed by atoms with E-state index in [1.165, 1.54) is 22.5 Å². The van der Waals surface area contributed by atoms with Gasteiger partial charge in [0.25, 0.3) is 5.91 Å². The largest absolute Gasteiger partial charge is 0.298 e. The van der Waals surface area contributed by atoms with Crippen LogP contribution in [0.1, 0.15) is 68.4 Å². The highest BCUT2D eigenvalue weighted by Gasteiger charge is 2.15. The van der Waals surface area contributed by atoms with Gasteiger partial charge < -0.3 is 0 Å². The number of hydrogen-bond donors (Lipinski definition) is 1. The van der Waals surface area contributed by atoms with Crippen LogP contribution in [0.4, 0.5) is 5.13 Å². The van der Waals surface area contributed by atoms with Crippen LogP contribution < -0.4 is 5.32 Å². The molecule has 0 aliphatic heterocycles. The highest BCUT2D eigenvalue weighted by atomic mass is 32.1. The van der Waals surface area contributed by atoms with Crippen LogP contribution in [0.25, 0.3) is 10.2 Å². The summed E-state index contributed by atoms with van der Waals surface area (Å²) in [6.45, 7) is 10.9. The smallest absolute Gasteiger partial charge is 0.257 e.